The molecule has 0 bridgehead atoms. The maximum atomic E-state index is 12.4. The molecule has 1 aromatic carbocycles. The number of nitrogens with one attached hydrogen (secondary N) is 4. The lowest BCUT2D eigenvalue weighted by Gasteiger charge is -2.01. The highest BCUT2D eigenvalue weighted by atomic mass is 32.1. The van der Waals surface area contributed by atoms with E-state index in [2.05, 4.69) is 41.6 Å². The first kappa shape index (κ1) is 19.7. The highest BCUT2D eigenvalue weighted by Gasteiger charge is 2.14. The lowest BCUT2D eigenvalue weighted by atomic mass is 10.1. The fraction of sp³-hybridized carbons (Fsp3) is 0.273. The van der Waals surface area contributed by atoms with Crippen molar-refractivity contribution >= 4 is 34.4 Å². The first-order chi connectivity index (χ1) is 15.2. The zero-order chi connectivity index (χ0) is 21.0. The summed E-state index contributed by atoms with van der Waals surface area (Å²) < 4.78 is 0. The van der Waals surface area contributed by atoms with Crippen molar-refractivity contribution < 1.29 is 4.79 Å². The van der Waals surface area contributed by atoms with Gasteiger partial charge in [0.05, 0.1) is 34.8 Å². The lowest BCUT2D eigenvalue weighted by Crippen LogP contribution is -2.24. The summed E-state index contributed by atoms with van der Waals surface area (Å²) in [6, 6.07) is 7.99. The van der Waals surface area contributed by atoms with E-state index in [0.29, 0.717) is 18.8 Å². The molecule has 158 valence electrons. The molecule has 0 aliphatic heterocycles. The Morgan fingerprint density at radius 1 is 1.10 bits per heavy atom. The second kappa shape index (κ2) is 8.83. The molecule has 0 fully saturated rings. The highest BCUT2D eigenvalue weighted by molar-refractivity contribution is 7.09. The van der Waals surface area contributed by atoms with Crippen LogP contribution in [0.4, 0.5) is 0 Å². The number of amides is 1. The van der Waals surface area contributed by atoms with Crippen molar-refractivity contribution in [3.05, 3.63) is 69.5 Å². The van der Waals surface area contributed by atoms with Crippen LogP contribution in [0.25, 0.3) is 17.1 Å². The van der Waals surface area contributed by atoms with Crippen molar-refractivity contribution in [3.8, 4) is 0 Å². The second-order valence-electron chi connectivity index (χ2n) is 7.42. The first-order valence-electron chi connectivity index (χ1n) is 10.4. The van der Waals surface area contributed by atoms with E-state index >= 15 is 0 Å². The van der Waals surface area contributed by atoms with E-state index in [0.717, 1.165) is 64.9 Å². The predicted octanol–water partition coefficient (Wildman–Crippen LogP) is 2.96. The summed E-state index contributed by atoms with van der Waals surface area (Å²) in [7, 11) is 0. The molecule has 1 aliphatic carbocycles. The number of imidazole rings is 2. The van der Waals surface area contributed by atoms with Gasteiger partial charge in [0, 0.05) is 24.0 Å². The van der Waals surface area contributed by atoms with Crippen molar-refractivity contribution in [2.75, 3.05) is 6.54 Å². The number of aryl methyl sites for hydroxylation is 1. The summed E-state index contributed by atoms with van der Waals surface area (Å²) in [5, 5.41) is 9.01. The van der Waals surface area contributed by atoms with Crippen LogP contribution >= 0.6 is 11.3 Å². The van der Waals surface area contributed by atoms with Crippen molar-refractivity contribution in [2.24, 2.45) is 0 Å². The van der Waals surface area contributed by atoms with Crippen molar-refractivity contribution in [3.63, 3.8) is 0 Å². The summed E-state index contributed by atoms with van der Waals surface area (Å²) >= 11 is 1.50. The van der Waals surface area contributed by atoms with E-state index in [1.54, 1.807) is 5.38 Å². The van der Waals surface area contributed by atoms with Crippen LogP contribution in [0.5, 0.6) is 0 Å². The number of nitrogens with zero attached hydrogens (tertiary/aromatic N) is 3. The standard InChI is InChI=1S/C22H23N7OS/c30-22(24-12-20-27-16-7-3-4-8-17(16)28-20)18-13-31-21(29-18)9-10-23-11-19-25-14-5-1-2-6-15(14)26-19/h1-3,5-7,13,23H,4,8-12H2,(H,24,30)(H,25,26)(H,27,28). The topological polar surface area (TPSA) is 111 Å². The minimum absolute atomic E-state index is 0.178. The average molecular weight is 434 g/mol. The number of hydrogen-bond acceptors (Lipinski definition) is 6. The van der Waals surface area contributed by atoms with Crippen LogP contribution in [-0.4, -0.2) is 37.4 Å². The van der Waals surface area contributed by atoms with Gasteiger partial charge in [0.15, 0.2) is 0 Å². The van der Waals surface area contributed by atoms with Gasteiger partial charge in [0.2, 0.25) is 0 Å². The van der Waals surface area contributed by atoms with Crippen LogP contribution in [0.1, 0.15) is 45.0 Å². The summed E-state index contributed by atoms with van der Waals surface area (Å²) in [5.41, 5.74) is 4.58. The van der Waals surface area contributed by atoms with Gasteiger partial charge < -0.3 is 20.6 Å². The Balaban J connectivity index is 1.08. The first-order valence-corrected chi connectivity index (χ1v) is 11.2. The molecule has 0 spiro atoms. The van der Waals surface area contributed by atoms with E-state index in [9.17, 15) is 4.79 Å². The molecule has 0 saturated heterocycles. The fourth-order valence-electron chi connectivity index (χ4n) is 3.59. The minimum atomic E-state index is -0.178. The molecule has 3 heterocycles. The van der Waals surface area contributed by atoms with E-state index in [4.69, 9.17) is 0 Å². The van der Waals surface area contributed by atoms with Gasteiger partial charge in [-0.15, -0.1) is 11.3 Å². The molecule has 1 aliphatic rings. The van der Waals surface area contributed by atoms with Gasteiger partial charge in [0.1, 0.15) is 17.3 Å². The Hall–Kier alpha value is -3.30. The van der Waals surface area contributed by atoms with Gasteiger partial charge in [-0.1, -0.05) is 18.2 Å². The molecule has 5 rings (SSSR count). The summed E-state index contributed by atoms with van der Waals surface area (Å²) in [4.78, 5) is 32.6. The molecule has 0 unspecified atom stereocenters. The Morgan fingerprint density at radius 2 is 2.00 bits per heavy atom. The van der Waals surface area contributed by atoms with Crippen LogP contribution < -0.4 is 10.6 Å². The normalized spacial score (nSPS) is 12.9. The Bertz CT molecular complexity index is 1200. The number of carbonyl (C=O) groups excluding carboxylic acids is 1. The van der Waals surface area contributed by atoms with Crippen LogP contribution in [0, 0.1) is 0 Å². The van der Waals surface area contributed by atoms with E-state index in [1.807, 2.05) is 30.3 Å². The maximum Gasteiger partial charge on any atom is 0.271 e. The number of allylic oxidation sites excluding steroid dienone is 1. The molecule has 0 radical (unpaired) electrons. The minimum Gasteiger partial charge on any atom is -0.344 e. The molecule has 3 aromatic heterocycles. The largest absolute Gasteiger partial charge is 0.344 e. The van der Waals surface area contributed by atoms with Gasteiger partial charge in [-0.3, -0.25) is 4.79 Å². The van der Waals surface area contributed by atoms with Gasteiger partial charge in [0.25, 0.3) is 5.91 Å². The second-order valence-corrected chi connectivity index (χ2v) is 8.37. The van der Waals surface area contributed by atoms with E-state index in [-0.39, 0.29) is 5.91 Å². The lowest BCUT2D eigenvalue weighted by molar-refractivity contribution is 0.0945. The molecule has 9 heteroatoms. The van der Waals surface area contributed by atoms with E-state index in [1.165, 1.54) is 11.3 Å². The number of H-pyrrole nitrogens is 2. The van der Waals surface area contributed by atoms with Gasteiger partial charge >= 0.3 is 0 Å². The molecular weight excluding hydrogens is 410 g/mol. The zero-order valence-corrected chi connectivity index (χ0v) is 17.8. The number of thiazole rings is 1. The molecular formula is C22H23N7OS. The number of benzene rings is 1. The van der Waals surface area contributed by atoms with Crippen LogP contribution in [-0.2, 0) is 25.9 Å². The number of rotatable bonds is 8. The quantitative estimate of drug-likeness (QED) is 0.319. The van der Waals surface area contributed by atoms with Gasteiger partial charge in [-0.05, 0) is 31.1 Å². The number of fused-ring (bicyclic) bond motifs is 2. The van der Waals surface area contributed by atoms with Crippen LogP contribution in [0.3, 0.4) is 0 Å². The predicted molar refractivity (Wildman–Crippen MR) is 121 cm³/mol. The highest BCUT2D eigenvalue weighted by Crippen LogP contribution is 2.16. The summed E-state index contributed by atoms with van der Waals surface area (Å²) in [5.74, 6) is 1.51. The molecule has 4 N–H and O–H groups in total. The van der Waals surface area contributed by atoms with Crippen molar-refractivity contribution in [1.29, 1.82) is 0 Å². The maximum absolute atomic E-state index is 12.4. The molecule has 1 amide bonds. The monoisotopic (exact) mass is 433 g/mol. The van der Waals surface area contributed by atoms with Crippen molar-refractivity contribution in [1.82, 2.24) is 35.6 Å². The summed E-state index contributed by atoms with van der Waals surface area (Å²) in [6.07, 6.45) is 6.89. The number of carbonyl (C=O) groups is 1. The summed E-state index contributed by atoms with van der Waals surface area (Å²) in [6.45, 7) is 1.79. The molecule has 31 heavy (non-hydrogen) atoms. The SMILES string of the molecule is O=C(NCc1nc2c([nH]1)CCC=C2)c1csc(CCNCc2nc3ccccc3[nH]2)n1. The zero-order valence-electron chi connectivity index (χ0n) is 16.9. The Kier molecular flexibility index (Phi) is 5.59. The van der Waals surface area contributed by atoms with Crippen LogP contribution in [0.2, 0.25) is 0 Å². The van der Waals surface area contributed by atoms with Gasteiger partial charge in [-0.25, -0.2) is 15.0 Å². The smallest absolute Gasteiger partial charge is 0.271 e. The molecule has 8 nitrogen and oxygen atoms in total. The van der Waals surface area contributed by atoms with Crippen molar-refractivity contribution in [2.45, 2.75) is 32.4 Å². The number of para-hydroxylation sites is 2. The molecule has 4 aromatic rings. The van der Waals surface area contributed by atoms with E-state index < -0.39 is 0 Å². The van der Waals surface area contributed by atoms with Gasteiger partial charge in [-0.2, -0.15) is 0 Å². The molecule has 0 saturated carbocycles. The Morgan fingerprint density at radius 3 is 2.90 bits per heavy atom. The fourth-order valence-corrected chi connectivity index (χ4v) is 4.37. The Labute approximate surface area is 183 Å². The number of hydrogen-bond donors (Lipinski definition) is 4. The third-order valence-corrected chi connectivity index (χ3v) is 6.05. The third kappa shape index (κ3) is 4.57. The molecule has 0 atom stereocenters. The average Bonchev–Trinajstić information content (AvgIpc) is 3.52. The number of aromatic nitrogens is 5. The third-order valence-electron chi connectivity index (χ3n) is 5.14. The van der Waals surface area contributed by atoms with Crippen LogP contribution in [0.15, 0.2) is 35.7 Å². The number of aromatic amines is 2.